The van der Waals surface area contributed by atoms with Crippen LogP contribution in [-0.4, -0.2) is 58.2 Å². The first-order valence-corrected chi connectivity index (χ1v) is 9.70. The van der Waals surface area contributed by atoms with Gasteiger partial charge in [0.1, 0.15) is 12.4 Å². The Labute approximate surface area is 162 Å². The summed E-state index contributed by atoms with van der Waals surface area (Å²) in [6.07, 6.45) is 7.10. The van der Waals surface area contributed by atoms with Gasteiger partial charge in [0.25, 0.3) is 5.56 Å². The minimum absolute atomic E-state index is 0.0234. The van der Waals surface area contributed by atoms with E-state index in [1.807, 2.05) is 0 Å². The molecule has 8 heteroatoms. The highest BCUT2D eigenvalue weighted by Crippen LogP contribution is 2.18. The topological polar surface area (TPSA) is 97.4 Å². The summed E-state index contributed by atoms with van der Waals surface area (Å²) in [6.45, 7) is 2.05. The number of rotatable bonds is 5. The Hall–Kier alpha value is -2.58. The van der Waals surface area contributed by atoms with E-state index in [1.165, 1.54) is 0 Å². The van der Waals surface area contributed by atoms with E-state index in [4.69, 9.17) is 9.47 Å². The molecule has 0 aromatic carbocycles. The number of amides is 1. The normalized spacial score (nSPS) is 19.3. The van der Waals surface area contributed by atoms with Gasteiger partial charge in [0.05, 0.1) is 24.9 Å². The molecule has 1 atom stereocenters. The lowest BCUT2D eigenvalue weighted by molar-refractivity contribution is -0.139. The Kier molecular flexibility index (Phi) is 5.78. The molecule has 4 rings (SSSR count). The molecule has 2 aliphatic heterocycles. The Balaban J connectivity index is 1.40. The molecule has 2 aromatic heterocycles. The summed E-state index contributed by atoms with van der Waals surface area (Å²) >= 11 is 0. The third-order valence-corrected chi connectivity index (χ3v) is 5.18. The van der Waals surface area contributed by atoms with Crippen molar-refractivity contribution < 1.29 is 14.3 Å². The van der Waals surface area contributed by atoms with Crippen LogP contribution in [0.25, 0.3) is 11.4 Å². The van der Waals surface area contributed by atoms with Gasteiger partial charge in [0.2, 0.25) is 5.91 Å². The Bertz CT molecular complexity index is 878. The molecule has 0 aliphatic carbocycles. The van der Waals surface area contributed by atoms with E-state index in [0.717, 1.165) is 31.4 Å². The van der Waals surface area contributed by atoms with Crippen LogP contribution in [0.5, 0.6) is 0 Å². The molecule has 148 valence electrons. The number of nitrogens with zero attached hydrogens (tertiary/aromatic N) is 3. The predicted octanol–water partition coefficient (Wildman–Crippen LogP) is 1.30. The quantitative estimate of drug-likeness (QED) is 0.835. The van der Waals surface area contributed by atoms with E-state index in [9.17, 15) is 9.59 Å². The van der Waals surface area contributed by atoms with Crippen molar-refractivity contribution in [1.82, 2.24) is 19.9 Å². The maximum absolute atomic E-state index is 12.5. The highest BCUT2D eigenvalue weighted by molar-refractivity contribution is 5.77. The summed E-state index contributed by atoms with van der Waals surface area (Å²) in [7, 11) is 0. The van der Waals surface area contributed by atoms with Crippen LogP contribution < -0.4 is 5.56 Å². The zero-order valence-corrected chi connectivity index (χ0v) is 15.7. The van der Waals surface area contributed by atoms with Crippen molar-refractivity contribution in [3.8, 4) is 11.4 Å². The van der Waals surface area contributed by atoms with Crippen LogP contribution in [0.2, 0.25) is 0 Å². The van der Waals surface area contributed by atoms with Crippen molar-refractivity contribution in [2.45, 2.75) is 38.3 Å². The number of carbonyl (C=O) groups is 1. The van der Waals surface area contributed by atoms with Gasteiger partial charge in [-0.3, -0.25) is 14.6 Å². The van der Waals surface area contributed by atoms with E-state index in [-0.39, 0.29) is 24.2 Å². The van der Waals surface area contributed by atoms with Crippen LogP contribution in [0.4, 0.5) is 0 Å². The Morgan fingerprint density at radius 1 is 1.32 bits per heavy atom. The van der Waals surface area contributed by atoms with E-state index in [2.05, 4.69) is 15.0 Å². The zero-order valence-electron chi connectivity index (χ0n) is 15.7. The highest BCUT2D eigenvalue weighted by atomic mass is 16.5. The molecule has 4 heterocycles. The van der Waals surface area contributed by atoms with Gasteiger partial charge in [-0.25, -0.2) is 4.98 Å². The molecule has 1 amide bonds. The molecule has 2 aromatic rings. The van der Waals surface area contributed by atoms with E-state index in [0.29, 0.717) is 43.2 Å². The van der Waals surface area contributed by atoms with Gasteiger partial charge in [-0.15, -0.1) is 0 Å². The fraction of sp³-hybridized carbons (Fsp3) is 0.500. The number of hydrogen-bond donors (Lipinski definition) is 1. The molecule has 0 bridgehead atoms. The number of carbonyl (C=O) groups excluding carboxylic acids is 1. The first-order chi connectivity index (χ1) is 13.7. The lowest BCUT2D eigenvalue weighted by Gasteiger charge is -2.28. The number of aromatic nitrogens is 3. The lowest BCUT2D eigenvalue weighted by Crippen LogP contribution is -2.41. The van der Waals surface area contributed by atoms with Crippen LogP contribution in [0.1, 0.15) is 30.5 Å². The van der Waals surface area contributed by atoms with Crippen LogP contribution in [0.3, 0.4) is 0 Å². The van der Waals surface area contributed by atoms with Crippen LogP contribution in [0.15, 0.2) is 29.3 Å². The smallest absolute Gasteiger partial charge is 0.254 e. The minimum atomic E-state index is -0.144. The van der Waals surface area contributed by atoms with Crippen molar-refractivity contribution in [2.75, 3.05) is 26.4 Å². The van der Waals surface area contributed by atoms with E-state index < -0.39 is 0 Å². The lowest BCUT2D eigenvalue weighted by atomic mass is 10.1. The number of pyridine rings is 1. The molecule has 0 saturated carbocycles. The first kappa shape index (κ1) is 18.8. The number of fused-ring (bicyclic) bond motifs is 1. The van der Waals surface area contributed by atoms with Gasteiger partial charge in [-0.2, -0.15) is 0 Å². The maximum atomic E-state index is 12.5. The summed E-state index contributed by atoms with van der Waals surface area (Å²) in [4.78, 5) is 38.1. The monoisotopic (exact) mass is 384 g/mol. The fourth-order valence-electron chi connectivity index (χ4n) is 3.61. The van der Waals surface area contributed by atoms with Crippen LogP contribution in [-0.2, 0) is 27.2 Å². The summed E-state index contributed by atoms with van der Waals surface area (Å²) in [5, 5.41) is 0. The maximum Gasteiger partial charge on any atom is 0.254 e. The molecular weight excluding hydrogens is 360 g/mol. The van der Waals surface area contributed by atoms with Crippen molar-refractivity contribution in [3.05, 3.63) is 46.1 Å². The van der Waals surface area contributed by atoms with Crippen LogP contribution >= 0.6 is 0 Å². The average Bonchev–Trinajstić information content (AvgIpc) is 2.74. The molecule has 1 saturated heterocycles. The second kappa shape index (κ2) is 8.62. The molecule has 2 aliphatic rings. The number of H-pyrrole nitrogens is 1. The molecule has 28 heavy (non-hydrogen) atoms. The van der Waals surface area contributed by atoms with Gasteiger partial charge < -0.3 is 19.4 Å². The summed E-state index contributed by atoms with van der Waals surface area (Å²) in [5.74, 6) is 0.403. The average molecular weight is 384 g/mol. The Morgan fingerprint density at radius 2 is 2.18 bits per heavy atom. The summed E-state index contributed by atoms with van der Waals surface area (Å²) in [5.41, 5.74) is 1.94. The molecule has 8 nitrogen and oxygen atoms in total. The molecule has 1 fully saturated rings. The van der Waals surface area contributed by atoms with Crippen molar-refractivity contribution in [2.24, 2.45) is 0 Å². The van der Waals surface area contributed by atoms with Gasteiger partial charge in [0.15, 0.2) is 0 Å². The van der Waals surface area contributed by atoms with Crippen molar-refractivity contribution in [3.63, 3.8) is 0 Å². The number of nitrogens with one attached hydrogen (secondary N) is 1. The van der Waals surface area contributed by atoms with Crippen molar-refractivity contribution in [1.29, 1.82) is 0 Å². The van der Waals surface area contributed by atoms with Gasteiger partial charge in [-0.1, -0.05) is 0 Å². The minimum Gasteiger partial charge on any atom is -0.376 e. The van der Waals surface area contributed by atoms with E-state index >= 15 is 0 Å². The number of aromatic amines is 1. The second-order valence-corrected chi connectivity index (χ2v) is 7.14. The summed E-state index contributed by atoms with van der Waals surface area (Å²) < 4.78 is 11.2. The molecule has 0 radical (unpaired) electrons. The Morgan fingerprint density at radius 3 is 2.96 bits per heavy atom. The molecule has 1 unspecified atom stereocenters. The zero-order chi connectivity index (χ0) is 19.3. The largest absolute Gasteiger partial charge is 0.376 e. The van der Waals surface area contributed by atoms with Gasteiger partial charge >= 0.3 is 0 Å². The molecule has 1 N–H and O–H groups in total. The van der Waals surface area contributed by atoms with E-state index in [1.54, 1.807) is 29.4 Å². The molecular formula is C20H24N4O4. The standard InChI is InChI=1S/C20H24N4O4/c25-18(13-27-12-15-3-1-2-10-28-15)24-9-6-16-17(11-24)22-19(23-20(16)26)14-4-7-21-8-5-14/h4-5,7-8,15H,1-3,6,9-13H2,(H,22,23,26). The molecule has 0 spiro atoms. The second-order valence-electron chi connectivity index (χ2n) is 7.14. The van der Waals surface area contributed by atoms with Crippen LogP contribution in [0, 0.1) is 0 Å². The third-order valence-electron chi connectivity index (χ3n) is 5.18. The predicted molar refractivity (Wildman–Crippen MR) is 102 cm³/mol. The highest BCUT2D eigenvalue weighted by Gasteiger charge is 2.25. The first-order valence-electron chi connectivity index (χ1n) is 9.70. The number of hydrogen-bond acceptors (Lipinski definition) is 6. The van der Waals surface area contributed by atoms with Gasteiger partial charge in [-0.05, 0) is 37.8 Å². The fourth-order valence-corrected chi connectivity index (χ4v) is 3.61. The summed E-state index contributed by atoms with van der Waals surface area (Å²) in [6, 6.07) is 3.58. The SMILES string of the molecule is O=C(COCC1CCCCO1)N1CCc2c(nc(-c3ccncc3)[nH]c2=O)C1. The van der Waals surface area contributed by atoms with Crippen molar-refractivity contribution >= 4 is 5.91 Å². The third kappa shape index (κ3) is 4.28. The van der Waals surface area contributed by atoms with Gasteiger partial charge in [0, 0.05) is 36.7 Å². The number of ether oxygens (including phenoxy) is 2.